The van der Waals surface area contributed by atoms with Gasteiger partial charge in [0.25, 0.3) is 0 Å². The van der Waals surface area contributed by atoms with E-state index in [4.69, 9.17) is 28.4 Å². The molecule has 0 unspecified atom stereocenters. The first-order valence-corrected chi connectivity index (χ1v) is 15.4. The van der Waals surface area contributed by atoms with Crippen LogP contribution >= 0.6 is 0 Å². The molecule has 3 heterocycles. The van der Waals surface area contributed by atoms with E-state index in [1.165, 1.54) is 7.11 Å². The normalized spacial score (nSPS) is 40.8. The van der Waals surface area contributed by atoms with Crippen LogP contribution in [-0.4, -0.2) is 171 Å². The molecular formula is C28H50O17. The van der Waals surface area contributed by atoms with Crippen LogP contribution in [0.1, 0.15) is 51.4 Å². The second-order valence-corrected chi connectivity index (χ2v) is 11.5. The van der Waals surface area contributed by atoms with Crippen molar-refractivity contribution in [1.29, 1.82) is 0 Å². The Morgan fingerprint density at radius 2 is 1.18 bits per heavy atom. The lowest BCUT2D eigenvalue weighted by molar-refractivity contribution is -0.384. The van der Waals surface area contributed by atoms with Crippen molar-refractivity contribution in [2.45, 2.75) is 137 Å². The highest BCUT2D eigenvalue weighted by Gasteiger charge is 2.53. The first-order valence-electron chi connectivity index (χ1n) is 15.4. The van der Waals surface area contributed by atoms with Gasteiger partial charge in [0.2, 0.25) is 0 Å². The maximum atomic E-state index is 11.2. The Labute approximate surface area is 261 Å². The van der Waals surface area contributed by atoms with Gasteiger partial charge >= 0.3 is 5.97 Å². The highest BCUT2D eigenvalue weighted by atomic mass is 16.8. The molecule has 0 saturated carbocycles. The summed E-state index contributed by atoms with van der Waals surface area (Å²) in [4.78, 5) is 11.2. The molecule has 3 aliphatic heterocycles. The van der Waals surface area contributed by atoms with Gasteiger partial charge in [-0.2, -0.15) is 0 Å². The van der Waals surface area contributed by atoms with Crippen LogP contribution in [0.3, 0.4) is 0 Å². The number of carbonyl (C=O) groups is 1. The van der Waals surface area contributed by atoms with E-state index in [9.17, 15) is 50.8 Å². The molecule has 3 saturated heterocycles. The summed E-state index contributed by atoms with van der Waals surface area (Å²) < 4.78 is 38.5. The summed E-state index contributed by atoms with van der Waals surface area (Å²) in [7, 11) is 1.35. The van der Waals surface area contributed by atoms with Gasteiger partial charge in [0.15, 0.2) is 18.9 Å². The molecule has 0 bridgehead atoms. The summed E-state index contributed by atoms with van der Waals surface area (Å²) >= 11 is 0. The molecule has 3 rings (SSSR count). The third-order valence-corrected chi connectivity index (χ3v) is 8.23. The Kier molecular flexibility index (Phi) is 16.2. The van der Waals surface area contributed by atoms with E-state index < -0.39 is 106 Å². The topological polar surface area (TPSA) is 264 Å². The molecule has 14 atom stereocenters. The summed E-state index contributed by atoms with van der Waals surface area (Å²) in [6, 6.07) is 0. The number of unbranched alkanes of at least 4 members (excludes halogenated alkanes) is 5. The van der Waals surface area contributed by atoms with Crippen molar-refractivity contribution >= 4 is 5.97 Å². The van der Waals surface area contributed by atoms with E-state index in [0.717, 1.165) is 32.1 Å². The number of esters is 1. The number of hydrogen-bond acceptors (Lipinski definition) is 17. The first kappa shape index (κ1) is 38.3. The average molecular weight is 659 g/mol. The standard InChI is InChI=1S/C28H50O17/c1-39-19(34)8-6-4-2-3-5-7-9-40-27-23(38)24(21(36)18(13-31)42-27)44-28-25(22(37)20(35)17(12-30)43-28)45-26-15(33)10-14(32)16(11-29)41-26/h14-18,20-33,35-38H,2-13H2,1H3/t14-,15+,16+,17+,18+,20+,21+,22-,23+,24-,25+,26-,27-,28-/m0/s1. The maximum Gasteiger partial charge on any atom is 0.305 e. The van der Waals surface area contributed by atoms with Crippen molar-refractivity contribution in [3.05, 3.63) is 0 Å². The summed E-state index contributed by atoms with van der Waals surface area (Å²) in [6.45, 7) is -1.85. The molecule has 0 aromatic heterocycles. The highest BCUT2D eigenvalue weighted by molar-refractivity contribution is 5.68. The fourth-order valence-electron chi connectivity index (χ4n) is 5.50. The smallest absolute Gasteiger partial charge is 0.305 e. The molecule has 0 amide bonds. The number of carbonyl (C=O) groups excluding carboxylic acids is 1. The van der Waals surface area contributed by atoms with Gasteiger partial charge < -0.3 is 79.1 Å². The molecule has 0 spiro atoms. The van der Waals surface area contributed by atoms with Crippen molar-refractivity contribution in [3.63, 3.8) is 0 Å². The molecule has 17 heteroatoms. The number of ether oxygens (including phenoxy) is 7. The van der Waals surface area contributed by atoms with E-state index in [1.54, 1.807) is 0 Å². The van der Waals surface area contributed by atoms with Crippen molar-refractivity contribution in [3.8, 4) is 0 Å². The Balaban J connectivity index is 1.62. The van der Waals surface area contributed by atoms with Gasteiger partial charge in [-0.25, -0.2) is 0 Å². The predicted molar refractivity (Wildman–Crippen MR) is 148 cm³/mol. The second-order valence-electron chi connectivity index (χ2n) is 11.5. The number of rotatable bonds is 17. The fraction of sp³-hybridized carbons (Fsp3) is 0.964. The largest absolute Gasteiger partial charge is 0.469 e. The molecule has 3 fully saturated rings. The minimum atomic E-state index is -1.79. The van der Waals surface area contributed by atoms with Crippen LogP contribution in [0.15, 0.2) is 0 Å². The van der Waals surface area contributed by atoms with Gasteiger partial charge in [-0.05, 0) is 12.8 Å². The molecular weight excluding hydrogens is 608 g/mol. The highest BCUT2D eigenvalue weighted by Crippen LogP contribution is 2.33. The van der Waals surface area contributed by atoms with Crippen LogP contribution in [0, 0.1) is 0 Å². The molecule has 0 aliphatic carbocycles. The number of hydrogen-bond donors (Lipinski definition) is 9. The van der Waals surface area contributed by atoms with Crippen LogP contribution in [0.5, 0.6) is 0 Å². The molecule has 264 valence electrons. The molecule has 0 aromatic rings. The quantitative estimate of drug-likeness (QED) is 0.0539. The van der Waals surface area contributed by atoms with Crippen LogP contribution < -0.4 is 0 Å². The minimum absolute atomic E-state index is 0.169. The monoisotopic (exact) mass is 658 g/mol. The molecule has 0 aromatic carbocycles. The molecule has 17 nitrogen and oxygen atoms in total. The molecule has 9 N–H and O–H groups in total. The van der Waals surface area contributed by atoms with Gasteiger partial charge in [-0.3, -0.25) is 4.79 Å². The van der Waals surface area contributed by atoms with Gasteiger partial charge in [0.1, 0.15) is 61.0 Å². The summed E-state index contributed by atoms with van der Waals surface area (Å²) in [6.07, 6.45) is -15.8. The number of aliphatic hydroxyl groups is 9. The summed E-state index contributed by atoms with van der Waals surface area (Å²) in [5.74, 6) is -0.239. The fourth-order valence-corrected chi connectivity index (χ4v) is 5.50. The van der Waals surface area contributed by atoms with E-state index >= 15 is 0 Å². The van der Waals surface area contributed by atoms with Crippen molar-refractivity contribution in [1.82, 2.24) is 0 Å². The Bertz CT molecular complexity index is 852. The summed E-state index contributed by atoms with van der Waals surface area (Å²) in [5.41, 5.74) is 0. The van der Waals surface area contributed by atoms with Gasteiger partial charge in [-0.1, -0.05) is 25.7 Å². The molecule has 0 radical (unpaired) electrons. The lowest BCUT2D eigenvalue weighted by Gasteiger charge is -2.48. The van der Waals surface area contributed by atoms with Crippen molar-refractivity contribution < 1.29 is 83.9 Å². The molecule has 3 aliphatic rings. The second kappa shape index (κ2) is 19.0. The molecule has 45 heavy (non-hydrogen) atoms. The Morgan fingerprint density at radius 1 is 0.622 bits per heavy atom. The van der Waals surface area contributed by atoms with E-state index in [0.29, 0.717) is 12.8 Å². The van der Waals surface area contributed by atoms with E-state index in [-0.39, 0.29) is 19.0 Å². The SMILES string of the molecule is COC(=O)CCCCCCCCO[C@H]1O[C@H](CO)[C@@H](O)[C@H](O[C@@H]2O[C@H](CO)[C@@H](O)[C@H](O)[C@H]2O[C@@H]2O[C@H](CO)[C@@H](O)C[C@H]2O)[C@H]1O. The van der Waals surface area contributed by atoms with Crippen LogP contribution in [0.4, 0.5) is 0 Å². The van der Waals surface area contributed by atoms with Crippen molar-refractivity contribution in [2.24, 2.45) is 0 Å². The third kappa shape index (κ3) is 10.4. The Hall–Kier alpha value is -1.13. The van der Waals surface area contributed by atoms with Crippen LogP contribution in [0.25, 0.3) is 0 Å². The zero-order valence-electron chi connectivity index (χ0n) is 25.4. The first-order chi connectivity index (χ1) is 21.6. The lowest BCUT2D eigenvalue weighted by atomic mass is 9.96. The summed E-state index contributed by atoms with van der Waals surface area (Å²) in [5, 5.41) is 92.7. The van der Waals surface area contributed by atoms with Crippen LogP contribution in [-0.2, 0) is 38.0 Å². The zero-order chi connectivity index (χ0) is 33.1. The third-order valence-electron chi connectivity index (χ3n) is 8.23. The van der Waals surface area contributed by atoms with Gasteiger partial charge in [0, 0.05) is 19.4 Å². The number of aliphatic hydroxyl groups excluding tert-OH is 9. The van der Waals surface area contributed by atoms with Crippen molar-refractivity contribution in [2.75, 3.05) is 33.5 Å². The minimum Gasteiger partial charge on any atom is -0.469 e. The Morgan fingerprint density at radius 3 is 1.82 bits per heavy atom. The van der Waals surface area contributed by atoms with E-state index in [1.807, 2.05) is 0 Å². The lowest BCUT2D eigenvalue weighted by Crippen LogP contribution is -2.66. The maximum absolute atomic E-state index is 11.2. The van der Waals surface area contributed by atoms with Gasteiger partial charge in [-0.15, -0.1) is 0 Å². The van der Waals surface area contributed by atoms with Crippen LogP contribution in [0.2, 0.25) is 0 Å². The average Bonchev–Trinajstić information content (AvgIpc) is 3.03. The predicted octanol–water partition coefficient (Wildman–Crippen LogP) is -3.62. The zero-order valence-corrected chi connectivity index (χ0v) is 25.4. The van der Waals surface area contributed by atoms with E-state index in [2.05, 4.69) is 4.74 Å². The number of methoxy groups -OCH3 is 1. The van der Waals surface area contributed by atoms with Gasteiger partial charge in [0.05, 0.1) is 33.0 Å².